The Morgan fingerprint density at radius 1 is 1.06 bits per heavy atom. The van der Waals surface area contributed by atoms with Gasteiger partial charge in [-0.2, -0.15) is 0 Å². The summed E-state index contributed by atoms with van der Waals surface area (Å²) in [6.45, 7) is 9.92. The van der Waals surface area contributed by atoms with Gasteiger partial charge in [0.2, 0.25) is 0 Å². The van der Waals surface area contributed by atoms with Gasteiger partial charge in [0.1, 0.15) is 0 Å². The Kier molecular flexibility index (Phi) is 12.9. The minimum Gasteiger partial charge on any atom is -0.357 e. The van der Waals surface area contributed by atoms with Gasteiger partial charge >= 0.3 is 0 Å². The highest BCUT2D eigenvalue weighted by atomic mass is 127. The summed E-state index contributed by atoms with van der Waals surface area (Å²) in [6, 6.07) is 16.3. The van der Waals surface area contributed by atoms with Crippen LogP contribution in [0.2, 0.25) is 0 Å². The van der Waals surface area contributed by atoms with E-state index in [1.165, 1.54) is 11.1 Å². The van der Waals surface area contributed by atoms with Crippen LogP contribution < -0.4 is 16.0 Å². The molecule has 0 aliphatic rings. The van der Waals surface area contributed by atoms with Crippen LogP contribution in [0, 0.1) is 6.92 Å². The number of guanidine groups is 1. The molecule has 1 unspecified atom stereocenters. The lowest BCUT2D eigenvalue weighted by molar-refractivity contribution is 0.0951. The van der Waals surface area contributed by atoms with Crippen LogP contribution in [0.15, 0.2) is 53.5 Å². The molecule has 0 saturated carbocycles. The first-order chi connectivity index (χ1) is 14.9. The van der Waals surface area contributed by atoms with Crippen molar-refractivity contribution in [1.29, 1.82) is 0 Å². The molecule has 0 bridgehead atoms. The Labute approximate surface area is 210 Å². The third-order valence-electron chi connectivity index (χ3n) is 4.98. The highest BCUT2D eigenvalue weighted by Crippen LogP contribution is 2.15. The zero-order valence-electron chi connectivity index (χ0n) is 19.9. The highest BCUT2D eigenvalue weighted by molar-refractivity contribution is 14.0. The molecule has 0 fully saturated rings. The summed E-state index contributed by atoms with van der Waals surface area (Å²) < 4.78 is 0. The first-order valence-electron chi connectivity index (χ1n) is 11.0. The van der Waals surface area contributed by atoms with Gasteiger partial charge in [0, 0.05) is 31.7 Å². The van der Waals surface area contributed by atoms with Gasteiger partial charge in [-0.25, -0.2) is 4.99 Å². The predicted molar refractivity (Wildman–Crippen MR) is 145 cm³/mol. The second kappa shape index (κ2) is 14.8. The normalized spacial score (nSPS) is 12.1. The summed E-state index contributed by atoms with van der Waals surface area (Å²) in [6.07, 6.45) is 0. The molecule has 0 heterocycles. The number of amides is 1. The molecule has 2 aromatic rings. The third kappa shape index (κ3) is 9.99. The number of nitrogens with one attached hydrogen (secondary N) is 3. The maximum Gasteiger partial charge on any atom is 0.251 e. The van der Waals surface area contributed by atoms with Crippen LogP contribution in [0.1, 0.15) is 46.8 Å². The number of aryl methyl sites for hydroxylation is 1. The summed E-state index contributed by atoms with van der Waals surface area (Å²) in [4.78, 5) is 19.1. The van der Waals surface area contributed by atoms with Crippen LogP contribution in [0.4, 0.5) is 0 Å². The smallest absolute Gasteiger partial charge is 0.251 e. The Hall–Kier alpha value is -2.13. The predicted octanol–water partition coefficient (Wildman–Crippen LogP) is 3.76. The molecule has 0 spiro atoms. The van der Waals surface area contributed by atoms with Gasteiger partial charge in [-0.05, 0) is 57.1 Å². The molecule has 7 heteroatoms. The maximum atomic E-state index is 12.4. The number of halogens is 1. The summed E-state index contributed by atoms with van der Waals surface area (Å²) >= 11 is 0. The molecule has 6 nitrogen and oxygen atoms in total. The fourth-order valence-electron chi connectivity index (χ4n) is 3.16. The van der Waals surface area contributed by atoms with Crippen molar-refractivity contribution in [2.45, 2.75) is 33.2 Å². The van der Waals surface area contributed by atoms with Gasteiger partial charge in [0.25, 0.3) is 5.91 Å². The number of likely N-dealkylation sites (N-methyl/N-ethyl adjacent to an activating group) is 1. The quantitative estimate of drug-likeness (QED) is 0.239. The lowest BCUT2D eigenvalue weighted by Gasteiger charge is -2.17. The van der Waals surface area contributed by atoms with Crippen molar-refractivity contribution < 1.29 is 4.79 Å². The third-order valence-corrected chi connectivity index (χ3v) is 4.98. The van der Waals surface area contributed by atoms with Crippen molar-refractivity contribution in [2.75, 3.05) is 40.3 Å². The highest BCUT2D eigenvalue weighted by Gasteiger charge is 2.08. The van der Waals surface area contributed by atoms with Crippen LogP contribution in [-0.2, 0) is 6.54 Å². The van der Waals surface area contributed by atoms with Crippen LogP contribution in [0.3, 0.4) is 0 Å². The topological polar surface area (TPSA) is 68.8 Å². The van der Waals surface area contributed by atoms with Gasteiger partial charge in [0.05, 0.1) is 6.54 Å². The van der Waals surface area contributed by atoms with Gasteiger partial charge in [0.15, 0.2) is 5.96 Å². The number of benzene rings is 2. The number of aliphatic imine (C=N–C) groups is 1. The second-order valence-electron chi connectivity index (χ2n) is 8.15. The summed E-state index contributed by atoms with van der Waals surface area (Å²) in [5.74, 6) is 1.10. The maximum absolute atomic E-state index is 12.4. The molecule has 32 heavy (non-hydrogen) atoms. The number of rotatable bonds is 10. The number of hydrogen-bond donors (Lipinski definition) is 3. The molecule has 1 amide bonds. The molecule has 2 aromatic carbocycles. The fourth-order valence-corrected chi connectivity index (χ4v) is 3.16. The van der Waals surface area contributed by atoms with E-state index in [0.29, 0.717) is 24.6 Å². The van der Waals surface area contributed by atoms with Gasteiger partial charge in [-0.1, -0.05) is 48.9 Å². The van der Waals surface area contributed by atoms with E-state index in [0.717, 1.165) is 31.2 Å². The van der Waals surface area contributed by atoms with Crippen molar-refractivity contribution in [3.63, 3.8) is 0 Å². The molecule has 1 atom stereocenters. The first-order valence-corrected chi connectivity index (χ1v) is 11.0. The van der Waals surface area contributed by atoms with Crippen molar-refractivity contribution >= 4 is 35.8 Å². The molecule has 176 valence electrons. The van der Waals surface area contributed by atoms with E-state index in [4.69, 9.17) is 4.99 Å². The lowest BCUT2D eigenvalue weighted by Crippen LogP contribution is -2.39. The van der Waals surface area contributed by atoms with E-state index in [-0.39, 0.29) is 29.9 Å². The van der Waals surface area contributed by atoms with E-state index in [2.05, 4.69) is 61.0 Å². The Balaban J connectivity index is 0.00000512. The number of hydrogen-bond acceptors (Lipinski definition) is 3. The fraction of sp³-hybridized carbons (Fsp3) is 0.440. The van der Waals surface area contributed by atoms with Crippen LogP contribution in [0.5, 0.6) is 0 Å². The van der Waals surface area contributed by atoms with Gasteiger partial charge in [-0.15, -0.1) is 24.0 Å². The van der Waals surface area contributed by atoms with Crippen molar-refractivity contribution in [2.24, 2.45) is 4.99 Å². The molecule has 0 aliphatic carbocycles. The number of carbonyl (C=O) groups is 1. The van der Waals surface area contributed by atoms with E-state index in [9.17, 15) is 4.79 Å². The largest absolute Gasteiger partial charge is 0.357 e. The van der Waals surface area contributed by atoms with Gasteiger partial charge < -0.3 is 20.9 Å². The molecule has 0 saturated heterocycles. The summed E-state index contributed by atoms with van der Waals surface area (Å²) in [7, 11) is 3.98. The number of carbonyl (C=O) groups excluding carboxylic acids is 1. The summed E-state index contributed by atoms with van der Waals surface area (Å²) in [5, 5.41) is 9.70. The minimum atomic E-state index is -0.0512. The van der Waals surface area contributed by atoms with Crippen LogP contribution in [-0.4, -0.2) is 57.0 Å². The number of nitrogens with zero attached hydrogens (tertiary/aromatic N) is 2. The SMILES string of the molecule is CCNC(=NCc1cccc(C(=O)NCCN(C)C)c1)NCC(C)c1cccc(C)c1.I. The van der Waals surface area contributed by atoms with Crippen molar-refractivity contribution in [3.05, 3.63) is 70.8 Å². The molecule has 3 N–H and O–H groups in total. The Morgan fingerprint density at radius 2 is 1.81 bits per heavy atom. The molecule has 0 radical (unpaired) electrons. The van der Waals surface area contributed by atoms with E-state index < -0.39 is 0 Å². The van der Waals surface area contributed by atoms with E-state index in [1.54, 1.807) is 0 Å². The lowest BCUT2D eigenvalue weighted by atomic mass is 9.99. The van der Waals surface area contributed by atoms with Crippen molar-refractivity contribution in [3.8, 4) is 0 Å². The Morgan fingerprint density at radius 3 is 2.50 bits per heavy atom. The van der Waals surface area contributed by atoms with Crippen LogP contribution >= 0.6 is 24.0 Å². The zero-order chi connectivity index (χ0) is 22.6. The molecular weight excluding hydrogens is 513 g/mol. The average molecular weight is 552 g/mol. The van der Waals surface area contributed by atoms with E-state index >= 15 is 0 Å². The van der Waals surface area contributed by atoms with Crippen LogP contribution in [0.25, 0.3) is 0 Å². The zero-order valence-corrected chi connectivity index (χ0v) is 22.3. The van der Waals surface area contributed by atoms with Gasteiger partial charge in [-0.3, -0.25) is 4.79 Å². The molecule has 0 aromatic heterocycles. The van der Waals surface area contributed by atoms with Crippen molar-refractivity contribution in [1.82, 2.24) is 20.9 Å². The Bertz CT molecular complexity index is 869. The average Bonchev–Trinajstić information content (AvgIpc) is 2.75. The molecule has 0 aliphatic heterocycles. The van der Waals surface area contributed by atoms with E-state index in [1.807, 2.05) is 43.3 Å². The standard InChI is InChI=1S/C25H37N5O.HI/c1-6-26-25(28-17-20(3)22-11-7-9-19(2)15-22)29-18-21-10-8-12-23(16-21)24(31)27-13-14-30(4)5;/h7-12,15-16,20H,6,13-14,17-18H2,1-5H3,(H,27,31)(H2,26,28,29);1H. The second-order valence-corrected chi connectivity index (χ2v) is 8.15. The minimum absolute atomic E-state index is 0. The molecular formula is C25H38IN5O. The molecule has 2 rings (SSSR count). The summed E-state index contributed by atoms with van der Waals surface area (Å²) in [5.41, 5.74) is 4.26. The monoisotopic (exact) mass is 551 g/mol. The first kappa shape index (κ1) is 27.9.